The molecule has 3 unspecified atom stereocenters. The van der Waals surface area contributed by atoms with Gasteiger partial charge in [-0.05, 0) is 26.2 Å². The molecule has 1 saturated heterocycles. The van der Waals surface area contributed by atoms with Crippen molar-refractivity contribution in [2.24, 2.45) is 5.73 Å². The lowest BCUT2D eigenvalue weighted by Crippen LogP contribution is -2.62. The van der Waals surface area contributed by atoms with Crippen molar-refractivity contribution < 1.29 is 14.2 Å². The first kappa shape index (κ1) is 18.8. The molecule has 5 nitrogen and oxygen atoms in total. The van der Waals surface area contributed by atoms with Gasteiger partial charge >= 0.3 is 0 Å². The molecule has 21 heavy (non-hydrogen) atoms. The van der Waals surface area contributed by atoms with Crippen LogP contribution in [0.1, 0.15) is 39.5 Å². The van der Waals surface area contributed by atoms with Crippen LogP contribution in [0, 0.1) is 0 Å². The zero-order chi connectivity index (χ0) is 15.7. The molecule has 0 radical (unpaired) electrons. The Morgan fingerprint density at radius 3 is 2.71 bits per heavy atom. The molecule has 1 aliphatic heterocycles. The average Bonchev–Trinajstić information content (AvgIpc) is 2.48. The van der Waals surface area contributed by atoms with E-state index in [1.54, 1.807) is 14.2 Å². The minimum atomic E-state index is 0.00850. The molecule has 0 bridgehead atoms. The number of methoxy groups -OCH3 is 2. The van der Waals surface area contributed by atoms with Crippen molar-refractivity contribution in [3.63, 3.8) is 0 Å². The summed E-state index contributed by atoms with van der Waals surface area (Å²) in [5.74, 6) is 0. The molecule has 1 fully saturated rings. The molecule has 1 heterocycles. The lowest BCUT2D eigenvalue weighted by Gasteiger charge is -2.50. The Kier molecular flexibility index (Phi) is 8.74. The number of ether oxygens (including phenoxy) is 3. The zero-order valence-corrected chi connectivity index (χ0v) is 14.3. The summed E-state index contributed by atoms with van der Waals surface area (Å²) >= 11 is 0. The van der Waals surface area contributed by atoms with E-state index in [2.05, 4.69) is 18.7 Å². The number of hydrogen-bond acceptors (Lipinski definition) is 5. The largest absolute Gasteiger partial charge is 0.383 e. The van der Waals surface area contributed by atoms with Gasteiger partial charge in [0.1, 0.15) is 0 Å². The smallest absolute Gasteiger partial charge is 0.0615 e. The maximum Gasteiger partial charge on any atom is 0.0615 e. The van der Waals surface area contributed by atoms with Gasteiger partial charge in [0.05, 0.1) is 19.3 Å². The van der Waals surface area contributed by atoms with E-state index in [-0.39, 0.29) is 5.54 Å². The fourth-order valence-electron chi connectivity index (χ4n) is 3.52. The second-order valence-corrected chi connectivity index (χ2v) is 6.15. The van der Waals surface area contributed by atoms with Crippen LogP contribution in [0.3, 0.4) is 0 Å². The van der Waals surface area contributed by atoms with Crippen LogP contribution in [0.2, 0.25) is 0 Å². The minimum Gasteiger partial charge on any atom is -0.383 e. The van der Waals surface area contributed by atoms with Crippen molar-refractivity contribution in [1.29, 1.82) is 0 Å². The highest BCUT2D eigenvalue weighted by Crippen LogP contribution is 2.33. The molecular weight excluding hydrogens is 268 g/mol. The van der Waals surface area contributed by atoms with E-state index in [1.807, 2.05) is 0 Å². The van der Waals surface area contributed by atoms with E-state index in [0.29, 0.717) is 25.3 Å². The van der Waals surface area contributed by atoms with E-state index in [1.165, 1.54) is 0 Å². The van der Waals surface area contributed by atoms with Crippen LogP contribution < -0.4 is 5.73 Å². The summed E-state index contributed by atoms with van der Waals surface area (Å²) in [6, 6.07) is 0.328. The van der Waals surface area contributed by atoms with Crippen molar-refractivity contribution in [1.82, 2.24) is 4.90 Å². The van der Waals surface area contributed by atoms with Crippen molar-refractivity contribution >= 4 is 0 Å². The molecule has 0 spiro atoms. The fraction of sp³-hybridized carbons (Fsp3) is 1.00. The van der Waals surface area contributed by atoms with E-state index in [9.17, 15) is 0 Å². The lowest BCUT2D eigenvalue weighted by atomic mass is 9.82. The van der Waals surface area contributed by atoms with Crippen LogP contribution in [0.25, 0.3) is 0 Å². The first-order valence-electron chi connectivity index (χ1n) is 8.19. The third kappa shape index (κ3) is 5.18. The van der Waals surface area contributed by atoms with Crippen LogP contribution in [0.5, 0.6) is 0 Å². The van der Waals surface area contributed by atoms with Crippen LogP contribution in [0.15, 0.2) is 0 Å². The highest BCUT2D eigenvalue weighted by Gasteiger charge is 2.42. The zero-order valence-electron chi connectivity index (χ0n) is 14.3. The van der Waals surface area contributed by atoms with Crippen LogP contribution >= 0.6 is 0 Å². The van der Waals surface area contributed by atoms with Crippen molar-refractivity contribution in [2.45, 2.75) is 57.2 Å². The Labute approximate surface area is 130 Å². The van der Waals surface area contributed by atoms with Crippen LogP contribution in [0.4, 0.5) is 0 Å². The molecule has 0 saturated carbocycles. The molecule has 0 aromatic rings. The molecule has 0 aliphatic carbocycles. The predicted molar refractivity (Wildman–Crippen MR) is 85.6 cm³/mol. The average molecular weight is 302 g/mol. The fourth-order valence-corrected chi connectivity index (χ4v) is 3.52. The standard InChI is InChI=1S/C16H34N2O3/c1-5-6-15-11-16(13-17,7-9-21-15)18(8-10-19-3)14(2)12-20-4/h14-15H,5-13,17H2,1-4H3. The maximum absolute atomic E-state index is 6.22. The Hall–Kier alpha value is -0.200. The summed E-state index contributed by atoms with van der Waals surface area (Å²) in [4.78, 5) is 2.49. The predicted octanol–water partition coefficient (Wildman–Crippen LogP) is 1.65. The Balaban J connectivity index is 2.86. The van der Waals surface area contributed by atoms with Gasteiger partial charge in [0, 0.05) is 45.5 Å². The third-order valence-electron chi connectivity index (χ3n) is 4.60. The van der Waals surface area contributed by atoms with Crippen molar-refractivity contribution in [3.05, 3.63) is 0 Å². The lowest BCUT2D eigenvalue weighted by molar-refractivity contribution is -0.0956. The van der Waals surface area contributed by atoms with Crippen molar-refractivity contribution in [2.75, 3.05) is 47.1 Å². The molecule has 0 aromatic carbocycles. The van der Waals surface area contributed by atoms with Crippen molar-refractivity contribution in [3.8, 4) is 0 Å². The topological polar surface area (TPSA) is 57.0 Å². The number of nitrogens with two attached hydrogens (primary N) is 1. The quantitative estimate of drug-likeness (QED) is 0.665. The summed E-state index contributed by atoms with van der Waals surface area (Å²) in [5, 5.41) is 0. The summed E-state index contributed by atoms with van der Waals surface area (Å²) in [7, 11) is 3.50. The van der Waals surface area contributed by atoms with E-state index < -0.39 is 0 Å². The highest BCUT2D eigenvalue weighted by molar-refractivity contribution is 4.98. The van der Waals surface area contributed by atoms with Gasteiger partial charge in [-0.25, -0.2) is 0 Å². The van der Waals surface area contributed by atoms with E-state index in [4.69, 9.17) is 19.9 Å². The Morgan fingerprint density at radius 2 is 2.14 bits per heavy atom. The van der Waals surface area contributed by atoms with E-state index >= 15 is 0 Å². The Morgan fingerprint density at radius 1 is 1.38 bits per heavy atom. The third-order valence-corrected chi connectivity index (χ3v) is 4.60. The summed E-state index contributed by atoms with van der Waals surface area (Å²) in [6.07, 6.45) is 4.58. The molecule has 5 heteroatoms. The second kappa shape index (κ2) is 9.74. The molecule has 2 N–H and O–H groups in total. The van der Waals surface area contributed by atoms with Gasteiger partial charge in [-0.15, -0.1) is 0 Å². The van der Waals surface area contributed by atoms with Gasteiger partial charge in [-0.1, -0.05) is 13.3 Å². The molecule has 0 aromatic heterocycles. The van der Waals surface area contributed by atoms with Gasteiger partial charge in [-0.2, -0.15) is 0 Å². The van der Waals surface area contributed by atoms with Gasteiger partial charge < -0.3 is 19.9 Å². The molecule has 1 aliphatic rings. The van der Waals surface area contributed by atoms with Gasteiger partial charge in [0.25, 0.3) is 0 Å². The normalized spacial score (nSPS) is 28.0. The maximum atomic E-state index is 6.22. The molecule has 3 atom stereocenters. The molecule has 126 valence electrons. The van der Waals surface area contributed by atoms with Crippen LogP contribution in [-0.2, 0) is 14.2 Å². The molecule has 1 rings (SSSR count). The number of hydrogen-bond donors (Lipinski definition) is 1. The highest BCUT2D eigenvalue weighted by atomic mass is 16.5. The first-order chi connectivity index (χ1) is 10.1. The Bertz CT molecular complexity index is 276. The van der Waals surface area contributed by atoms with Gasteiger partial charge in [-0.3, -0.25) is 4.90 Å². The minimum absolute atomic E-state index is 0.00850. The number of nitrogens with zero attached hydrogens (tertiary/aromatic N) is 1. The van der Waals surface area contributed by atoms with Gasteiger partial charge in [0.2, 0.25) is 0 Å². The number of rotatable bonds is 10. The monoisotopic (exact) mass is 302 g/mol. The summed E-state index contributed by atoms with van der Waals surface area (Å²) in [5.41, 5.74) is 6.23. The molecular formula is C16H34N2O3. The SMILES string of the molecule is CCCC1CC(CN)(N(CCOC)C(C)COC)CCO1. The second-order valence-electron chi connectivity index (χ2n) is 6.15. The molecule has 0 amide bonds. The van der Waals surface area contributed by atoms with Crippen LogP contribution in [-0.4, -0.2) is 69.7 Å². The first-order valence-corrected chi connectivity index (χ1v) is 8.19. The van der Waals surface area contributed by atoms with Gasteiger partial charge in [0.15, 0.2) is 0 Å². The summed E-state index contributed by atoms with van der Waals surface area (Å²) < 4.78 is 16.6. The van der Waals surface area contributed by atoms with E-state index in [0.717, 1.165) is 45.4 Å². The summed E-state index contributed by atoms with van der Waals surface area (Å²) in [6.45, 7) is 8.19.